The predicted octanol–water partition coefficient (Wildman–Crippen LogP) is 3.64. The highest BCUT2D eigenvalue weighted by Gasteiger charge is 2.32. The van der Waals surface area contributed by atoms with Crippen LogP contribution in [0.4, 0.5) is 0 Å². The van der Waals surface area contributed by atoms with Crippen LogP contribution in [0.3, 0.4) is 0 Å². The van der Waals surface area contributed by atoms with E-state index >= 15 is 0 Å². The van der Waals surface area contributed by atoms with E-state index in [0.29, 0.717) is 6.42 Å². The molecule has 1 amide bonds. The van der Waals surface area contributed by atoms with Crippen LogP contribution in [0.1, 0.15) is 104 Å². The number of rotatable bonds is 18. The molecule has 3 N–H and O–H groups in total. The lowest BCUT2D eigenvalue weighted by Crippen LogP contribution is -2.46. The number of hydrogen-bond donors (Lipinski definition) is 3. The lowest BCUT2D eigenvalue weighted by molar-refractivity contribution is -0.159. The summed E-state index contributed by atoms with van der Waals surface area (Å²) in [5.41, 5.74) is -0.977. The number of carbonyl (C=O) groups is 3. The lowest BCUT2D eigenvalue weighted by Gasteiger charge is -2.27. The van der Waals surface area contributed by atoms with Gasteiger partial charge in [0, 0.05) is 18.4 Å². The summed E-state index contributed by atoms with van der Waals surface area (Å²) in [6.45, 7) is 4.94. The molecule has 0 aliphatic carbocycles. The maximum Gasteiger partial charge on any atom is 0.315 e. The van der Waals surface area contributed by atoms with Gasteiger partial charge in [-0.2, -0.15) is 0 Å². The van der Waals surface area contributed by atoms with Crippen molar-refractivity contribution in [1.82, 2.24) is 5.32 Å². The van der Waals surface area contributed by atoms with Crippen LogP contribution in [-0.2, 0) is 19.1 Å². The largest absolute Gasteiger partial charge is 0.396 e. The van der Waals surface area contributed by atoms with Crippen LogP contribution in [0, 0.1) is 5.41 Å². The zero-order chi connectivity index (χ0) is 22.8. The van der Waals surface area contributed by atoms with Crippen LogP contribution in [-0.4, -0.2) is 47.3 Å². The Morgan fingerprint density at radius 2 is 1.30 bits per heavy atom. The highest BCUT2D eigenvalue weighted by Crippen LogP contribution is 2.19. The van der Waals surface area contributed by atoms with Crippen LogP contribution >= 0.6 is 0 Å². The molecule has 0 aliphatic heterocycles. The molecule has 7 nitrogen and oxygen atoms in total. The molecule has 1 atom stereocenters. The molecule has 0 aromatic rings. The molecule has 0 saturated carbocycles. The van der Waals surface area contributed by atoms with Crippen molar-refractivity contribution in [3.63, 3.8) is 0 Å². The molecule has 176 valence electrons. The molecule has 0 aromatic carbocycles. The Balaban J connectivity index is 3.67. The van der Waals surface area contributed by atoms with Crippen molar-refractivity contribution in [2.45, 2.75) is 110 Å². The molecule has 0 rings (SSSR count). The van der Waals surface area contributed by atoms with Gasteiger partial charge in [-0.3, -0.25) is 14.4 Å². The zero-order valence-corrected chi connectivity index (χ0v) is 19.2. The van der Waals surface area contributed by atoms with Gasteiger partial charge in [-0.25, -0.2) is 0 Å². The van der Waals surface area contributed by atoms with Crippen LogP contribution < -0.4 is 5.32 Å². The van der Waals surface area contributed by atoms with Crippen molar-refractivity contribution in [1.29, 1.82) is 0 Å². The van der Waals surface area contributed by atoms with E-state index in [2.05, 4.69) is 12.2 Å². The first-order chi connectivity index (χ1) is 14.2. The number of aliphatic hydroxyl groups excluding tert-OH is 2. The first kappa shape index (κ1) is 28.5. The average molecular weight is 430 g/mol. The second-order valence-corrected chi connectivity index (χ2v) is 8.72. The van der Waals surface area contributed by atoms with E-state index in [1.807, 2.05) is 0 Å². The Morgan fingerprint density at radius 1 is 0.833 bits per heavy atom. The standard InChI is InChI=1S/C23H43NO6/c1-4-5-6-7-8-9-10-11-12-13-14-15-19(26)30-20(27)16-17-24-22(29)21(28)23(2,3)18-25/h21,25,28H,4-18H2,1-3H3,(H,24,29)/t21-/m0/s1. The van der Waals surface area contributed by atoms with Crippen LogP contribution in [0.15, 0.2) is 0 Å². The molecule has 0 fully saturated rings. The van der Waals surface area contributed by atoms with Crippen molar-refractivity contribution in [2.24, 2.45) is 5.41 Å². The number of ether oxygens (including phenoxy) is 1. The van der Waals surface area contributed by atoms with Gasteiger partial charge < -0.3 is 20.3 Å². The summed E-state index contributed by atoms with van der Waals surface area (Å²) in [6.07, 6.45) is 11.7. The van der Waals surface area contributed by atoms with Gasteiger partial charge in [0.05, 0.1) is 13.0 Å². The minimum atomic E-state index is -1.39. The quantitative estimate of drug-likeness (QED) is 0.174. The first-order valence-electron chi connectivity index (χ1n) is 11.5. The third kappa shape index (κ3) is 14.5. The Kier molecular flexibility index (Phi) is 16.4. The molecule has 7 heteroatoms. The average Bonchev–Trinajstić information content (AvgIpc) is 2.71. The smallest absolute Gasteiger partial charge is 0.315 e. The Hall–Kier alpha value is -1.47. The number of carbonyl (C=O) groups excluding carboxylic acids is 3. The van der Waals surface area contributed by atoms with Gasteiger partial charge in [-0.05, 0) is 6.42 Å². The number of nitrogens with one attached hydrogen (secondary N) is 1. The van der Waals surface area contributed by atoms with E-state index in [4.69, 9.17) is 9.84 Å². The second kappa shape index (κ2) is 17.2. The Labute approximate surface area is 182 Å². The SMILES string of the molecule is CCCCCCCCCCCCCC(=O)OC(=O)CCNC(=O)[C@H](O)C(C)(C)CO. The number of hydrogen-bond acceptors (Lipinski definition) is 6. The van der Waals surface area contributed by atoms with E-state index < -0.39 is 29.4 Å². The van der Waals surface area contributed by atoms with E-state index in [1.54, 1.807) is 13.8 Å². The predicted molar refractivity (Wildman–Crippen MR) is 117 cm³/mol. The highest BCUT2D eigenvalue weighted by molar-refractivity contribution is 5.86. The number of unbranched alkanes of at least 4 members (excludes halogenated alkanes) is 10. The summed E-state index contributed by atoms with van der Waals surface area (Å²) in [5, 5.41) is 21.4. The van der Waals surface area contributed by atoms with Gasteiger partial charge in [-0.1, -0.05) is 85.0 Å². The second-order valence-electron chi connectivity index (χ2n) is 8.72. The van der Waals surface area contributed by atoms with Gasteiger partial charge in [0.2, 0.25) is 5.91 Å². The van der Waals surface area contributed by atoms with Gasteiger partial charge >= 0.3 is 11.9 Å². The summed E-state index contributed by atoms with van der Waals surface area (Å²) in [7, 11) is 0. The fourth-order valence-electron chi connectivity index (χ4n) is 2.99. The molecule has 30 heavy (non-hydrogen) atoms. The van der Waals surface area contributed by atoms with E-state index in [0.717, 1.165) is 12.8 Å². The number of esters is 2. The summed E-state index contributed by atoms with van der Waals surface area (Å²) >= 11 is 0. The number of amides is 1. The van der Waals surface area contributed by atoms with Gasteiger partial charge in [0.15, 0.2) is 0 Å². The minimum absolute atomic E-state index is 0.0397. The lowest BCUT2D eigenvalue weighted by atomic mass is 9.87. The zero-order valence-electron chi connectivity index (χ0n) is 19.2. The van der Waals surface area contributed by atoms with Crippen LogP contribution in [0.2, 0.25) is 0 Å². The molecule has 0 aliphatic rings. The molecular formula is C23H43NO6. The van der Waals surface area contributed by atoms with Crippen molar-refractivity contribution in [2.75, 3.05) is 13.2 Å². The molecule has 0 bridgehead atoms. The highest BCUT2D eigenvalue weighted by atomic mass is 16.6. The molecule has 0 spiro atoms. The van der Waals surface area contributed by atoms with Gasteiger partial charge in [-0.15, -0.1) is 0 Å². The Bertz CT molecular complexity index is 492. The fourth-order valence-corrected chi connectivity index (χ4v) is 2.99. The fraction of sp³-hybridized carbons (Fsp3) is 0.870. The molecule has 0 aromatic heterocycles. The molecule has 0 radical (unpaired) electrons. The molecular weight excluding hydrogens is 386 g/mol. The maximum atomic E-state index is 11.8. The monoisotopic (exact) mass is 429 g/mol. The molecule has 0 heterocycles. The van der Waals surface area contributed by atoms with E-state index in [9.17, 15) is 19.5 Å². The van der Waals surface area contributed by atoms with Crippen LogP contribution in [0.25, 0.3) is 0 Å². The van der Waals surface area contributed by atoms with E-state index in [1.165, 1.54) is 51.4 Å². The van der Waals surface area contributed by atoms with Crippen molar-refractivity contribution >= 4 is 17.8 Å². The summed E-state index contributed by atoms with van der Waals surface area (Å²) < 4.78 is 4.74. The third-order valence-corrected chi connectivity index (χ3v) is 5.24. The van der Waals surface area contributed by atoms with Crippen molar-refractivity contribution < 1.29 is 29.3 Å². The maximum absolute atomic E-state index is 11.8. The Morgan fingerprint density at radius 3 is 1.80 bits per heavy atom. The van der Waals surface area contributed by atoms with Crippen LogP contribution in [0.5, 0.6) is 0 Å². The summed E-state index contributed by atoms with van der Waals surface area (Å²) in [4.78, 5) is 35.1. The van der Waals surface area contributed by atoms with Gasteiger partial charge in [0.25, 0.3) is 0 Å². The molecule has 0 saturated heterocycles. The van der Waals surface area contributed by atoms with E-state index in [-0.39, 0.29) is 26.0 Å². The topological polar surface area (TPSA) is 113 Å². The summed E-state index contributed by atoms with van der Waals surface area (Å²) in [5.74, 6) is -1.91. The normalized spacial score (nSPS) is 12.4. The third-order valence-electron chi connectivity index (χ3n) is 5.24. The minimum Gasteiger partial charge on any atom is -0.396 e. The van der Waals surface area contributed by atoms with Gasteiger partial charge in [0.1, 0.15) is 6.10 Å². The first-order valence-corrected chi connectivity index (χ1v) is 11.5. The van der Waals surface area contributed by atoms with Crippen molar-refractivity contribution in [3.8, 4) is 0 Å². The van der Waals surface area contributed by atoms with Crippen molar-refractivity contribution in [3.05, 3.63) is 0 Å². The molecule has 0 unspecified atom stereocenters. The summed E-state index contributed by atoms with van der Waals surface area (Å²) in [6, 6.07) is 0. The number of aliphatic hydroxyl groups is 2.